The van der Waals surface area contributed by atoms with Gasteiger partial charge in [0.1, 0.15) is 11.6 Å². The SMILES string of the molecule is CNc1nc(Nc2ccccc2)ncc1C#Cc1ccc(F)c(C)c1. The van der Waals surface area contributed by atoms with Gasteiger partial charge < -0.3 is 10.6 Å². The summed E-state index contributed by atoms with van der Waals surface area (Å²) >= 11 is 0. The minimum atomic E-state index is -0.235. The van der Waals surface area contributed by atoms with Crippen molar-refractivity contribution < 1.29 is 4.39 Å². The lowest BCUT2D eigenvalue weighted by molar-refractivity contribution is 0.618. The summed E-state index contributed by atoms with van der Waals surface area (Å²) in [5, 5.41) is 6.17. The lowest BCUT2D eigenvalue weighted by atomic mass is 10.1. The highest BCUT2D eigenvalue weighted by atomic mass is 19.1. The molecule has 0 atom stereocenters. The first-order chi connectivity index (χ1) is 12.2. The molecule has 0 saturated carbocycles. The van der Waals surface area contributed by atoms with Crippen molar-refractivity contribution in [2.24, 2.45) is 0 Å². The van der Waals surface area contributed by atoms with Gasteiger partial charge >= 0.3 is 0 Å². The molecular weight excluding hydrogens is 315 g/mol. The van der Waals surface area contributed by atoms with Crippen molar-refractivity contribution in [2.45, 2.75) is 6.92 Å². The van der Waals surface area contributed by atoms with E-state index in [1.807, 2.05) is 30.3 Å². The van der Waals surface area contributed by atoms with Gasteiger partial charge in [-0.2, -0.15) is 4.98 Å². The first-order valence-electron chi connectivity index (χ1n) is 7.81. The van der Waals surface area contributed by atoms with Crippen LogP contribution in [0, 0.1) is 24.6 Å². The summed E-state index contributed by atoms with van der Waals surface area (Å²) < 4.78 is 13.3. The van der Waals surface area contributed by atoms with Crippen molar-refractivity contribution in [3.8, 4) is 11.8 Å². The van der Waals surface area contributed by atoms with Crippen LogP contribution in [-0.4, -0.2) is 17.0 Å². The summed E-state index contributed by atoms with van der Waals surface area (Å²) in [6.45, 7) is 1.71. The molecule has 0 aliphatic carbocycles. The Hall–Kier alpha value is -3.39. The third-order valence-electron chi connectivity index (χ3n) is 3.55. The van der Waals surface area contributed by atoms with Gasteiger partial charge in [0, 0.05) is 18.3 Å². The molecule has 0 unspecified atom stereocenters. The Labute approximate surface area is 146 Å². The lowest BCUT2D eigenvalue weighted by Crippen LogP contribution is -2.02. The average molecular weight is 332 g/mol. The summed E-state index contributed by atoms with van der Waals surface area (Å²) in [4.78, 5) is 8.74. The van der Waals surface area contributed by atoms with Crippen LogP contribution in [0.2, 0.25) is 0 Å². The zero-order valence-electron chi connectivity index (χ0n) is 14.0. The minimum Gasteiger partial charge on any atom is -0.372 e. The second-order valence-electron chi connectivity index (χ2n) is 5.41. The first kappa shape index (κ1) is 16.5. The van der Waals surface area contributed by atoms with E-state index in [0.717, 1.165) is 11.3 Å². The maximum Gasteiger partial charge on any atom is 0.229 e. The Kier molecular flexibility index (Phi) is 4.91. The molecule has 5 heteroatoms. The Morgan fingerprint density at radius 2 is 1.84 bits per heavy atom. The normalized spacial score (nSPS) is 9.88. The number of aromatic nitrogens is 2. The van der Waals surface area contributed by atoms with E-state index < -0.39 is 0 Å². The quantitative estimate of drug-likeness (QED) is 0.709. The van der Waals surface area contributed by atoms with Crippen molar-refractivity contribution in [1.82, 2.24) is 9.97 Å². The predicted octanol–water partition coefficient (Wildman–Crippen LogP) is 4.11. The fourth-order valence-corrected chi connectivity index (χ4v) is 2.24. The zero-order valence-corrected chi connectivity index (χ0v) is 14.0. The molecule has 1 heterocycles. The Morgan fingerprint density at radius 3 is 2.56 bits per heavy atom. The highest BCUT2D eigenvalue weighted by molar-refractivity contribution is 5.60. The van der Waals surface area contributed by atoms with Crippen molar-refractivity contribution in [1.29, 1.82) is 0 Å². The van der Waals surface area contributed by atoms with Crippen molar-refractivity contribution >= 4 is 17.5 Å². The molecule has 2 N–H and O–H groups in total. The van der Waals surface area contributed by atoms with Gasteiger partial charge in [0.05, 0.1) is 11.8 Å². The number of rotatable bonds is 3. The molecule has 0 bridgehead atoms. The molecule has 0 spiro atoms. The number of aryl methyl sites for hydroxylation is 1. The van der Waals surface area contributed by atoms with Gasteiger partial charge in [-0.05, 0) is 42.8 Å². The molecule has 0 aliphatic heterocycles. The summed E-state index contributed by atoms with van der Waals surface area (Å²) in [5.41, 5.74) is 2.89. The van der Waals surface area contributed by atoms with E-state index in [4.69, 9.17) is 0 Å². The van der Waals surface area contributed by atoms with Gasteiger partial charge in [-0.1, -0.05) is 30.0 Å². The molecule has 3 rings (SSSR count). The number of hydrogen-bond donors (Lipinski definition) is 2. The van der Waals surface area contributed by atoms with Crippen molar-refractivity contribution in [2.75, 3.05) is 17.7 Å². The number of halogens is 1. The maximum atomic E-state index is 13.3. The van der Waals surface area contributed by atoms with Crippen LogP contribution in [0.3, 0.4) is 0 Å². The third kappa shape index (κ3) is 4.12. The van der Waals surface area contributed by atoms with Gasteiger partial charge in [0.2, 0.25) is 5.95 Å². The fourth-order valence-electron chi connectivity index (χ4n) is 2.24. The third-order valence-corrected chi connectivity index (χ3v) is 3.55. The summed E-state index contributed by atoms with van der Waals surface area (Å²) in [6, 6.07) is 14.5. The molecule has 1 aromatic heterocycles. The number of para-hydroxylation sites is 1. The summed E-state index contributed by atoms with van der Waals surface area (Å²) in [6.07, 6.45) is 1.66. The number of nitrogens with zero attached hydrogens (tertiary/aromatic N) is 2. The Morgan fingerprint density at radius 1 is 1.04 bits per heavy atom. The van der Waals surface area contributed by atoms with Crippen LogP contribution in [0.5, 0.6) is 0 Å². The molecule has 0 amide bonds. The predicted molar refractivity (Wildman–Crippen MR) is 98.4 cm³/mol. The van der Waals surface area contributed by atoms with Crippen LogP contribution in [0.15, 0.2) is 54.7 Å². The summed E-state index contributed by atoms with van der Waals surface area (Å²) in [7, 11) is 1.78. The smallest absolute Gasteiger partial charge is 0.229 e. The van der Waals surface area contributed by atoms with E-state index in [1.54, 1.807) is 32.3 Å². The minimum absolute atomic E-state index is 0.235. The highest BCUT2D eigenvalue weighted by Gasteiger charge is 2.04. The molecule has 0 aliphatic rings. The molecule has 124 valence electrons. The summed E-state index contributed by atoms with van der Waals surface area (Å²) in [5.74, 6) is 6.92. The highest BCUT2D eigenvalue weighted by Crippen LogP contribution is 2.16. The number of nitrogens with one attached hydrogen (secondary N) is 2. The first-order valence-corrected chi connectivity index (χ1v) is 7.81. The van der Waals surface area contributed by atoms with E-state index in [-0.39, 0.29) is 5.82 Å². The van der Waals surface area contributed by atoms with Gasteiger partial charge in [-0.3, -0.25) is 0 Å². The molecule has 0 saturated heterocycles. The standard InChI is InChI=1S/C20H17FN4/c1-14-12-15(9-11-18(14)21)8-10-16-13-23-20(25-19(16)22-2)24-17-6-4-3-5-7-17/h3-7,9,11-13H,1-2H3,(H2,22,23,24,25). The molecular formula is C20H17FN4. The van der Waals surface area contributed by atoms with Gasteiger partial charge in [-0.25, -0.2) is 9.37 Å². The monoisotopic (exact) mass is 332 g/mol. The fraction of sp³-hybridized carbons (Fsp3) is 0.100. The van der Waals surface area contributed by atoms with Crippen LogP contribution in [0.25, 0.3) is 0 Å². The topological polar surface area (TPSA) is 49.8 Å². The van der Waals surface area contributed by atoms with Crippen LogP contribution < -0.4 is 10.6 Å². The van der Waals surface area contributed by atoms with E-state index in [0.29, 0.717) is 22.9 Å². The van der Waals surface area contributed by atoms with Gasteiger partial charge in [0.25, 0.3) is 0 Å². The Bertz CT molecular complexity index is 943. The van der Waals surface area contributed by atoms with E-state index >= 15 is 0 Å². The maximum absolute atomic E-state index is 13.3. The zero-order chi connectivity index (χ0) is 17.6. The van der Waals surface area contributed by atoms with Crippen LogP contribution in [0.4, 0.5) is 21.8 Å². The largest absolute Gasteiger partial charge is 0.372 e. The molecule has 2 aromatic carbocycles. The van der Waals surface area contributed by atoms with Crippen LogP contribution in [0.1, 0.15) is 16.7 Å². The van der Waals surface area contributed by atoms with Gasteiger partial charge in [-0.15, -0.1) is 0 Å². The second kappa shape index (κ2) is 7.45. The van der Waals surface area contributed by atoms with E-state index in [9.17, 15) is 4.39 Å². The molecule has 3 aromatic rings. The van der Waals surface area contributed by atoms with Crippen LogP contribution in [-0.2, 0) is 0 Å². The second-order valence-corrected chi connectivity index (χ2v) is 5.41. The number of benzene rings is 2. The lowest BCUT2D eigenvalue weighted by Gasteiger charge is -2.07. The number of hydrogen-bond acceptors (Lipinski definition) is 4. The van der Waals surface area contributed by atoms with Gasteiger partial charge in [0.15, 0.2) is 0 Å². The Balaban J connectivity index is 1.85. The molecule has 25 heavy (non-hydrogen) atoms. The number of anilines is 3. The van der Waals surface area contributed by atoms with Crippen molar-refractivity contribution in [3.05, 3.63) is 77.2 Å². The molecule has 0 fully saturated rings. The van der Waals surface area contributed by atoms with Crippen molar-refractivity contribution in [3.63, 3.8) is 0 Å². The average Bonchev–Trinajstić information content (AvgIpc) is 2.64. The molecule has 4 nitrogen and oxygen atoms in total. The van der Waals surface area contributed by atoms with E-state index in [2.05, 4.69) is 32.4 Å². The molecule has 0 radical (unpaired) electrons. The van der Waals surface area contributed by atoms with E-state index in [1.165, 1.54) is 6.07 Å². The van der Waals surface area contributed by atoms with Crippen LogP contribution >= 0.6 is 0 Å².